The number of hydrogen-bond acceptors (Lipinski definition) is 4. The van der Waals surface area contributed by atoms with Gasteiger partial charge in [-0.05, 0) is 43.7 Å². The Morgan fingerprint density at radius 1 is 1.12 bits per heavy atom. The van der Waals surface area contributed by atoms with Crippen LogP contribution in [0.4, 0.5) is 5.69 Å². The van der Waals surface area contributed by atoms with Crippen molar-refractivity contribution in [1.82, 2.24) is 0 Å². The third kappa shape index (κ3) is 3.55. The van der Waals surface area contributed by atoms with Gasteiger partial charge in [0.25, 0.3) is 5.91 Å². The number of aryl methyl sites for hydroxylation is 1. The minimum atomic E-state index is -0.681. The summed E-state index contributed by atoms with van der Waals surface area (Å²) in [7, 11) is 1.71. The van der Waals surface area contributed by atoms with Gasteiger partial charge in [-0.1, -0.05) is 18.2 Å². The summed E-state index contributed by atoms with van der Waals surface area (Å²) in [6.45, 7) is 3.54. The molecule has 1 atom stereocenters. The molecule has 0 fully saturated rings. The molecule has 1 aromatic heterocycles. The van der Waals surface area contributed by atoms with Crippen LogP contribution in [0.3, 0.4) is 0 Å². The van der Waals surface area contributed by atoms with Crippen LogP contribution in [-0.4, -0.2) is 19.1 Å². The topological polar surface area (TPSA) is 59.8 Å². The molecule has 0 saturated heterocycles. The van der Waals surface area contributed by atoms with Crippen molar-refractivity contribution in [3.8, 4) is 5.75 Å². The van der Waals surface area contributed by atoms with E-state index in [-0.39, 0.29) is 5.91 Å². The third-order valence-corrected chi connectivity index (χ3v) is 4.06. The highest BCUT2D eigenvalue weighted by molar-refractivity contribution is 5.96. The van der Waals surface area contributed by atoms with E-state index in [0.29, 0.717) is 11.3 Å². The van der Waals surface area contributed by atoms with Gasteiger partial charge in [0.15, 0.2) is 6.10 Å². The second kappa shape index (κ2) is 6.81. The van der Waals surface area contributed by atoms with E-state index < -0.39 is 11.7 Å². The first-order valence-corrected chi connectivity index (χ1v) is 7.99. The molecule has 5 heteroatoms. The molecule has 0 saturated carbocycles. The van der Waals surface area contributed by atoms with Crippen LogP contribution in [0.2, 0.25) is 0 Å². The SMILES string of the molecule is Cc1cc(=O)oc2cc(O[C@@H](C)C(=O)N(C)c3ccccc3)ccc12. The van der Waals surface area contributed by atoms with E-state index >= 15 is 0 Å². The van der Waals surface area contributed by atoms with E-state index in [4.69, 9.17) is 9.15 Å². The van der Waals surface area contributed by atoms with Crippen LogP contribution >= 0.6 is 0 Å². The molecule has 0 aliphatic rings. The molecule has 128 valence electrons. The van der Waals surface area contributed by atoms with E-state index in [2.05, 4.69) is 0 Å². The van der Waals surface area contributed by atoms with E-state index in [9.17, 15) is 9.59 Å². The number of amides is 1. The van der Waals surface area contributed by atoms with Crippen molar-refractivity contribution >= 4 is 22.6 Å². The standard InChI is InChI=1S/C20H19NO4/c1-13-11-19(22)25-18-12-16(9-10-17(13)18)24-14(2)20(23)21(3)15-7-5-4-6-8-15/h4-12,14H,1-3H3/t14-/m0/s1. The first-order valence-electron chi connectivity index (χ1n) is 7.99. The molecule has 0 radical (unpaired) electrons. The summed E-state index contributed by atoms with van der Waals surface area (Å²) in [5.74, 6) is 0.306. The highest BCUT2D eigenvalue weighted by Gasteiger charge is 2.20. The smallest absolute Gasteiger partial charge is 0.336 e. The highest BCUT2D eigenvalue weighted by atomic mass is 16.5. The lowest BCUT2D eigenvalue weighted by Gasteiger charge is -2.22. The fraction of sp³-hybridized carbons (Fsp3) is 0.200. The predicted molar refractivity (Wildman–Crippen MR) is 97.2 cm³/mol. The van der Waals surface area contributed by atoms with Crippen molar-refractivity contribution < 1.29 is 13.9 Å². The molecule has 3 rings (SSSR count). The maximum absolute atomic E-state index is 12.5. The molecular formula is C20H19NO4. The van der Waals surface area contributed by atoms with Gasteiger partial charge in [-0.3, -0.25) is 4.79 Å². The van der Waals surface area contributed by atoms with Gasteiger partial charge in [-0.15, -0.1) is 0 Å². The van der Waals surface area contributed by atoms with Crippen molar-refractivity contribution in [1.29, 1.82) is 0 Å². The van der Waals surface area contributed by atoms with Crippen LogP contribution in [0.15, 0.2) is 63.8 Å². The number of likely N-dealkylation sites (N-methyl/N-ethyl adjacent to an activating group) is 1. The van der Waals surface area contributed by atoms with Gasteiger partial charge < -0.3 is 14.1 Å². The summed E-state index contributed by atoms with van der Waals surface area (Å²) in [5, 5.41) is 0.840. The Bertz CT molecular complexity index is 962. The number of para-hydroxylation sites is 1. The van der Waals surface area contributed by atoms with Gasteiger partial charge in [0.05, 0.1) is 0 Å². The molecule has 0 bridgehead atoms. The Kier molecular flexibility index (Phi) is 4.57. The molecular weight excluding hydrogens is 318 g/mol. The molecule has 25 heavy (non-hydrogen) atoms. The second-order valence-electron chi connectivity index (χ2n) is 5.90. The van der Waals surface area contributed by atoms with Crippen LogP contribution in [-0.2, 0) is 4.79 Å². The van der Waals surface area contributed by atoms with Gasteiger partial charge in [0, 0.05) is 30.3 Å². The van der Waals surface area contributed by atoms with Crippen LogP contribution in [0.1, 0.15) is 12.5 Å². The molecule has 5 nitrogen and oxygen atoms in total. The van der Waals surface area contributed by atoms with Gasteiger partial charge in [-0.25, -0.2) is 4.79 Å². The summed E-state index contributed by atoms with van der Waals surface area (Å²) in [5.41, 5.74) is 1.67. The van der Waals surface area contributed by atoms with E-state index in [1.54, 1.807) is 31.0 Å². The normalized spacial score (nSPS) is 12.0. The lowest BCUT2D eigenvalue weighted by molar-refractivity contribution is -0.124. The lowest BCUT2D eigenvalue weighted by Crippen LogP contribution is -2.37. The van der Waals surface area contributed by atoms with Crippen LogP contribution in [0.5, 0.6) is 5.75 Å². The summed E-state index contributed by atoms with van der Waals surface area (Å²) in [4.78, 5) is 25.6. The van der Waals surface area contributed by atoms with E-state index in [0.717, 1.165) is 16.6 Å². The Labute approximate surface area is 145 Å². The number of carbonyl (C=O) groups is 1. The van der Waals surface area contributed by atoms with Gasteiger partial charge in [-0.2, -0.15) is 0 Å². The molecule has 0 unspecified atom stereocenters. The number of anilines is 1. The number of fused-ring (bicyclic) bond motifs is 1. The van der Waals surface area contributed by atoms with E-state index in [1.165, 1.54) is 6.07 Å². The average Bonchev–Trinajstić information content (AvgIpc) is 2.60. The lowest BCUT2D eigenvalue weighted by atomic mass is 10.1. The number of nitrogens with zero attached hydrogens (tertiary/aromatic N) is 1. The zero-order valence-corrected chi connectivity index (χ0v) is 14.4. The van der Waals surface area contributed by atoms with Crippen molar-refractivity contribution in [3.05, 3.63) is 70.6 Å². The molecule has 0 N–H and O–H groups in total. The quantitative estimate of drug-likeness (QED) is 0.683. The number of ether oxygens (including phenoxy) is 1. The summed E-state index contributed by atoms with van der Waals surface area (Å²) < 4.78 is 11.0. The maximum atomic E-state index is 12.5. The minimum absolute atomic E-state index is 0.169. The van der Waals surface area contributed by atoms with Crippen molar-refractivity contribution in [2.45, 2.75) is 20.0 Å². The Morgan fingerprint density at radius 3 is 2.56 bits per heavy atom. The third-order valence-electron chi connectivity index (χ3n) is 4.06. The fourth-order valence-corrected chi connectivity index (χ4v) is 2.68. The molecule has 0 aliphatic carbocycles. The zero-order valence-electron chi connectivity index (χ0n) is 14.4. The first-order chi connectivity index (χ1) is 12.0. The monoisotopic (exact) mass is 337 g/mol. The Morgan fingerprint density at radius 2 is 1.84 bits per heavy atom. The molecule has 2 aromatic carbocycles. The first kappa shape index (κ1) is 16.8. The fourth-order valence-electron chi connectivity index (χ4n) is 2.68. The van der Waals surface area contributed by atoms with Gasteiger partial charge in [0.2, 0.25) is 0 Å². The molecule has 0 aliphatic heterocycles. The second-order valence-corrected chi connectivity index (χ2v) is 5.90. The number of rotatable bonds is 4. The summed E-state index contributed by atoms with van der Waals surface area (Å²) in [6, 6.07) is 16.0. The zero-order chi connectivity index (χ0) is 18.0. The van der Waals surface area contributed by atoms with Crippen molar-refractivity contribution in [2.24, 2.45) is 0 Å². The molecule has 1 amide bonds. The molecule has 1 heterocycles. The van der Waals surface area contributed by atoms with Gasteiger partial charge in [0.1, 0.15) is 11.3 Å². The number of carbonyl (C=O) groups excluding carboxylic acids is 1. The largest absolute Gasteiger partial charge is 0.481 e. The average molecular weight is 337 g/mol. The summed E-state index contributed by atoms with van der Waals surface area (Å²) in [6.07, 6.45) is -0.681. The maximum Gasteiger partial charge on any atom is 0.336 e. The Hall–Kier alpha value is -3.08. The highest BCUT2D eigenvalue weighted by Crippen LogP contribution is 2.23. The minimum Gasteiger partial charge on any atom is -0.481 e. The number of hydrogen-bond donors (Lipinski definition) is 0. The summed E-state index contributed by atoms with van der Waals surface area (Å²) >= 11 is 0. The van der Waals surface area contributed by atoms with Crippen molar-refractivity contribution in [3.63, 3.8) is 0 Å². The predicted octanol–water partition coefficient (Wildman–Crippen LogP) is 3.53. The molecule has 0 spiro atoms. The number of benzene rings is 2. The van der Waals surface area contributed by atoms with Crippen LogP contribution in [0.25, 0.3) is 11.0 Å². The van der Waals surface area contributed by atoms with Gasteiger partial charge >= 0.3 is 5.63 Å². The van der Waals surface area contributed by atoms with E-state index in [1.807, 2.05) is 43.3 Å². The van der Waals surface area contributed by atoms with Crippen LogP contribution < -0.4 is 15.3 Å². The van der Waals surface area contributed by atoms with Crippen LogP contribution in [0, 0.1) is 6.92 Å². The Balaban J connectivity index is 1.80. The molecule has 3 aromatic rings. The van der Waals surface area contributed by atoms with Crippen molar-refractivity contribution in [2.75, 3.05) is 11.9 Å².